The molecule has 0 spiro atoms. The molecule has 0 unspecified atom stereocenters. The molecule has 0 saturated heterocycles. The molecule has 0 radical (unpaired) electrons. The third-order valence-electron chi connectivity index (χ3n) is 3.38. The van der Waals surface area contributed by atoms with Crippen LogP contribution in [0.25, 0.3) is 0 Å². The van der Waals surface area contributed by atoms with Gasteiger partial charge in [0.05, 0.1) is 5.01 Å². The number of aliphatic imine (C=N–C) groups is 1. The van der Waals surface area contributed by atoms with Gasteiger partial charge in [-0.3, -0.25) is 4.99 Å². The largest absolute Gasteiger partial charge is 0.434 e. The first-order chi connectivity index (χ1) is 12.1. The van der Waals surface area contributed by atoms with Crippen LogP contribution in [0.15, 0.2) is 34.6 Å². The summed E-state index contributed by atoms with van der Waals surface area (Å²) in [7, 11) is 1.67. The highest BCUT2D eigenvalue weighted by atomic mass is 127. The number of ether oxygens (including phenoxy) is 1. The van der Waals surface area contributed by atoms with E-state index >= 15 is 0 Å². The van der Waals surface area contributed by atoms with Gasteiger partial charge in [0.15, 0.2) is 5.96 Å². The Morgan fingerprint density at radius 2 is 2.08 bits per heavy atom. The fraction of sp³-hybridized carbons (Fsp3) is 0.412. The molecule has 26 heavy (non-hydrogen) atoms. The van der Waals surface area contributed by atoms with Crippen molar-refractivity contribution in [3.8, 4) is 5.75 Å². The molecule has 2 aromatic rings. The van der Waals surface area contributed by atoms with Crippen LogP contribution in [0.3, 0.4) is 0 Å². The number of rotatable bonds is 8. The lowest BCUT2D eigenvalue weighted by atomic mass is 10.2. The number of halogens is 3. The number of aryl methyl sites for hydroxylation is 2. The van der Waals surface area contributed by atoms with Gasteiger partial charge in [-0.05, 0) is 19.4 Å². The summed E-state index contributed by atoms with van der Waals surface area (Å²) < 4.78 is 29.4. The Morgan fingerprint density at radius 3 is 2.73 bits per heavy atom. The minimum atomic E-state index is -2.84. The van der Waals surface area contributed by atoms with Crippen LogP contribution in [-0.4, -0.2) is 31.1 Å². The summed E-state index contributed by atoms with van der Waals surface area (Å²) in [5, 5.41) is 9.48. The number of alkyl halides is 2. The predicted molar refractivity (Wildman–Crippen MR) is 112 cm³/mol. The highest BCUT2D eigenvalue weighted by Crippen LogP contribution is 2.19. The number of benzene rings is 1. The van der Waals surface area contributed by atoms with Gasteiger partial charge in [0.2, 0.25) is 0 Å². The Labute approximate surface area is 173 Å². The van der Waals surface area contributed by atoms with Crippen LogP contribution < -0.4 is 15.4 Å². The first kappa shape index (κ1) is 22.6. The van der Waals surface area contributed by atoms with Gasteiger partial charge < -0.3 is 15.4 Å². The Morgan fingerprint density at radius 1 is 1.31 bits per heavy atom. The molecule has 0 amide bonds. The molecular weight excluding hydrogens is 473 g/mol. The quantitative estimate of drug-likeness (QED) is 0.252. The molecule has 0 aliphatic carbocycles. The van der Waals surface area contributed by atoms with E-state index in [1.54, 1.807) is 36.6 Å². The van der Waals surface area contributed by atoms with Crippen LogP contribution in [0, 0.1) is 6.92 Å². The monoisotopic (exact) mass is 496 g/mol. The maximum atomic E-state index is 12.4. The molecule has 0 saturated carbocycles. The molecule has 0 aliphatic heterocycles. The van der Waals surface area contributed by atoms with Gasteiger partial charge in [0.1, 0.15) is 5.75 Å². The highest BCUT2D eigenvalue weighted by Gasteiger charge is 2.09. The van der Waals surface area contributed by atoms with Gasteiger partial charge in [0.25, 0.3) is 0 Å². The lowest BCUT2D eigenvalue weighted by Gasteiger charge is -2.14. The predicted octanol–water partition coefficient (Wildman–Crippen LogP) is 3.97. The summed E-state index contributed by atoms with van der Waals surface area (Å²) in [5.74, 6) is 0.779. The van der Waals surface area contributed by atoms with Gasteiger partial charge in [-0.2, -0.15) is 8.78 Å². The summed E-state index contributed by atoms with van der Waals surface area (Å²) >= 11 is 1.67. The second-order valence-electron chi connectivity index (χ2n) is 5.32. The van der Waals surface area contributed by atoms with Crippen LogP contribution in [0.5, 0.6) is 5.75 Å². The van der Waals surface area contributed by atoms with E-state index in [9.17, 15) is 8.78 Å². The van der Waals surface area contributed by atoms with Crippen molar-refractivity contribution < 1.29 is 13.5 Å². The third kappa shape index (κ3) is 7.81. The minimum Gasteiger partial charge on any atom is -0.434 e. The minimum absolute atomic E-state index is 0. The van der Waals surface area contributed by atoms with Crippen LogP contribution in [0.1, 0.15) is 22.7 Å². The molecule has 2 rings (SSSR count). The maximum absolute atomic E-state index is 12.4. The van der Waals surface area contributed by atoms with Crippen molar-refractivity contribution in [2.24, 2.45) is 4.99 Å². The lowest BCUT2D eigenvalue weighted by molar-refractivity contribution is -0.0504. The standard InChI is InChI=1S/C17H22F2N4OS.HI/c1-12-11-25-15(23-12)8-5-9-21-17(20-2)22-10-13-6-3-4-7-14(13)24-16(18)19;/h3-4,6-7,11,16H,5,8-10H2,1-2H3,(H2,20,21,22);1H. The number of thiazole rings is 1. The molecule has 0 bridgehead atoms. The van der Waals surface area contributed by atoms with E-state index in [0.29, 0.717) is 18.1 Å². The molecule has 9 heteroatoms. The van der Waals surface area contributed by atoms with Crippen LogP contribution in [-0.2, 0) is 13.0 Å². The number of hydrogen-bond donors (Lipinski definition) is 2. The van der Waals surface area contributed by atoms with Crippen molar-refractivity contribution in [1.29, 1.82) is 0 Å². The SMILES string of the molecule is CN=C(NCCCc1nc(C)cs1)NCc1ccccc1OC(F)F.I. The molecule has 1 aromatic heterocycles. The molecule has 5 nitrogen and oxygen atoms in total. The summed E-state index contributed by atoms with van der Waals surface area (Å²) in [6.45, 7) is 0.231. The second-order valence-corrected chi connectivity index (χ2v) is 6.27. The number of aromatic nitrogens is 1. The van der Waals surface area contributed by atoms with Crippen molar-refractivity contribution in [3.05, 3.63) is 45.9 Å². The molecule has 0 fully saturated rings. The van der Waals surface area contributed by atoms with E-state index in [0.717, 1.165) is 30.1 Å². The van der Waals surface area contributed by atoms with E-state index in [4.69, 9.17) is 0 Å². The number of hydrogen-bond acceptors (Lipinski definition) is 4. The smallest absolute Gasteiger partial charge is 0.387 e. The van der Waals surface area contributed by atoms with Gasteiger partial charge >= 0.3 is 6.61 Å². The Hall–Kier alpha value is -1.49. The Balaban J connectivity index is 0.00000338. The second kappa shape index (κ2) is 12.0. The number of nitrogens with one attached hydrogen (secondary N) is 2. The van der Waals surface area contributed by atoms with Crippen molar-refractivity contribution in [2.45, 2.75) is 32.9 Å². The average molecular weight is 496 g/mol. The summed E-state index contributed by atoms with van der Waals surface area (Å²) in [4.78, 5) is 8.56. The van der Waals surface area contributed by atoms with Crippen molar-refractivity contribution >= 4 is 41.3 Å². The van der Waals surface area contributed by atoms with E-state index in [1.807, 2.05) is 12.3 Å². The lowest BCUT2D eigenvalue weighted by Crippen LogP contribution is -2.37. The third-order valence-corrected chi connectivity index (χ3v) is 4.41. The fourth-order valence-electron chi connectivity index (χ4n) is 2.22. The summed E-state index contributed by atoms with van der Waals surface area (Å²) in [6.07, 6.45) is 1.84. The number of guanidine groups is 1. The van der Waals surface area contributed by atoms with E-state index in [-0.39, 0.29) is 29.7 Å². The van der Waals surface area contributed by atoms with Crippen molar-refractivity contribution in [2.75, 3.05) is 13.6 Å². The van der Waals surface area contributed by atoms with Gasteiger partial charge in [-0.25, -0.2) is 4.98 Å². The van der Waals surface area contributed by atoms with Crippen LogP contribution in [0.2, 0.25) is 0 Å². The molecular formula is C17H23F2IN4OS. The first-order valence-corrected chi connectivity index (χ1v) is 8.84. The number of nitrogens with zero attached hydrogens (tertiary/aromatic N) is 2. The zero-order valence-corrected chi connectivity index (χ0v) is 17.8. The average Bonchev–Trinajstić information content (AvgIpc) is 3.00. The Kier molecular flexibility index (Phi) is 10.4. The van der Waals surface area contributed by atoms with Gasteiger partial charge in [0, 0.05) is 43.2 Å². The molecule has 1 aromatic carbocycles. The maximum Gasteiger partial charge on any atom is 0.387 e. The molecule has 1 heterocycles. The van der Waals surface area contributed by atoms with Crippen LogP contribution in [0.4, 0.5) is 8.78 Å². The molecule has 0 atom stereocenters. The van der Waals surface area contributed by atoms with Gasteiger partial charge in [-0.15, -0.1) is 35.3 Å². The van der Waals surface area contributed by atoms with Gasteiger partial charge in [-0.1, -0.05) is 18.2 Å². The number of para-hydroxylation sites is 1. The molecule has 144 valence electrons. The van der Waals surface area contributed by atoms with E-state index < -0.39 is 6.61 Å². The zero-order chi connectivity index (χ0) is 18.1. The van der Waals surface area contributed by atoms with Crippen LogP contribution >= 0.6 is 35.3 Å². The van der Waals surface area contributed by atoms with E-state index in [1.165, 1.54) is 6.07 Å². The van der Waals surface area contributed by atoms with Crippen molar-refractivity contribution in [1.82, 2.24) is 15.6 Å². The normalized spacial score (nSPS) is 11.2. The van der Waals surface area contributed by atoms with E-state index in [2.05, 4.69) is 25.3 Å². The highest BCUT2D eigenvalue weighted by molar-refractivity contribution is 14.0. The first-order valence-electron chi connectivity index (χ1n) is 7.96. The van der Waals surface area contributed by atoms with Crippen molar-refractivity contribution in [3.63, 3.8) is 0 Å². The fourth-order valence-corrected chi connectivity index (χ4v) is 3.04. The topological polar surface area (TPSA) is 58.5 Å². The molecule has 2 N–H and O–H groups in total. The zero-order valence-electron chi connectivity index (χ0n) is 14.7. The molecule has 0 aliphatic rings. The summed E-state index contributed by atoms with van der Waals surface area (Å²) in [5.41, 5.74) is 1.69. The Bertz CT molecular complexity index is 697. The summed E-state index contributed by atoms with van der Waals surface area (Å²) in [6, 6.07) is 6.70.